The third-order valence-corrected chi connectivity index (χ3v) is 7.81. The van der Waals surface area contributed by atoms with E-state index in [0.717, 1.165) is 25.7 Å². The van der Waals surface area contributed by atoms with Crippen molar-refractivity contribution in [3.63, 3.8) is 0 Å². The highest BCUT2D eigenvalue weighted by Crippen LogP contribution is 2.38. The van der Waals surface area contributed by atoms with Gasteiger partial charge in [0.25, 0.3) is 10.0 Å². The number of nitrogens with zero attached hydrogens (tertiary/aromatic N) is 1. The van der Waals surface area contributed by atoms with Crippen LogP contribution in [0.5, 0.6) is 0 Å². The van der Waals surface area contributed by atoms with Crippen molar-refractivity contribution in [1.29, 1.82) is 0 Å². The molecule has 0 bridgehead atoms. The van der Waals surface area contributed by atoms with Gasteiger partial charge in [0.2, 0.25) is 11.8 Å². The van der Waals surface area contributed by atoms with Crippen molar-refractivity contribution in [3.8, 4) is 0 Å². The quantitative estimate of drug-likeness (QED) is 0.704. The molecule has 158 valence electrons. The van der Waals surface area contributed by atoms with Crippen LogP contribution in [0.4, 0.5) is 11.4 Å². The maximum atomic E-state index is 12.9. The zero-order valence-electron chi connectivity index (χ0n) is 16.3. The van der Waals surface area contributed by atoms with E-state index in [1.54, 1.807) is 41.3 Å². The molecule has 0 radical (unpaired) electrons. The summed E-state index contributed by atoms with van der Waals surface area (Å²) in [5.41, 5.74) is 0.859. The molecule has 0 unspecified atom stereocenters. The summed E-state index contributed by atoms with van der Waals surface area (Å²) < 4.78 is 27.9. The lowest BCUT2D eigenvalue weighted by Crippen LogP contribution is -2.45. The average Bonchev–Trinajstić information content (AvgIpc) is 3.02. The molecule has 2 aromatic rings. The van der Waals surface area contributed by atoms with Gasteiger partial charge in [0.05, 0.1) is 10.6 Å². The molecule has 1 fully saturated rings. The summed E-state index contributed by atoms with van der Waals surface area (Å²) in [5, 5.41) is 1.88. The monoisotopic (exact) mass is 445 g/mol. The lowest BCUT2D eigenvalue weighted by Gasteiger charge is -2.28. The van der Waals surface area contributed by atoms with E-state index in [1.807, 2.05) is 0 Å². The highest BCUT2D eigenvalue weighted by molar-refractivity contribution is 8.01. The van der Waals surface area contributed by atoms with Gasteiger partial charge >= 0.3 is 0 Å². The molecule has 2 aliphatic rings. The second-order valence-electron chi connectivity index (χ2n) is 7.36. The Morgan fingerprint density at radius 2 is 1.73 bits per heavy atom. The summed E-state index contributed by atoms with van der Waals surface area (Å²) in [4.78, 5) is 28.0. The summed E-state index contributed by atoms with van der Waals surface area (Å²) >= 11 is 1.18. The molecule has 2 heterocycles. The van der Waals surface area contributed by atoms with E-state index in [2.05, 4.69) is 10.0 Å². The van der Waals surface area contributed by atoms with Crippen LogP contribution in [0.15, 0.2) is 58.3 Å². The molecular formula is C21H23N3O4S2. The van der Waals surface area contributed by atoms with Crippen molar-refractivity contribution in [3.05, 3.63) is 48.5 Å². The molecule has 2 aromatic carbocycles. The van der Waals surface area contributed by atoms with Gasteiger partial charge in [-0.05, 0) is 43.2 Å². The number of rotatable bonds is 4. The number of hydrogen-bond donors (Lipinski definition) is 2. The van der Waals surface area contributed by atoms with E-state index < -0.39 is 21.2 Å². The van der Waals surface area contributed by atoms with E-state index in [9.17, 15) is 18.0 Å². The molecular weight excluding hydrogens is 422 g/mol. The third kappa shape index (κ3) is 4.46. The molecule has 2 amide bonds. The number of likely N-dealkylation sites (tertiary alicyclic amines) is 1. The van der Waals surface area contributed by atoms with Gasteiger partial charge in [-0.2, -0.15) is 0 Å². The largest absolute Gasteiger partial charge is 0.341 e. The van der Waals surface area contributed by atoms with Crippen molar-refractivity contribution in [1.82, 2.24) is 4.90 Å². The number of nitrogens with one attached hydrogen (secondary N) is 2. The Morgan fingerprint density at radius 1 is 1.03 bits per heavy atom. The molecule has 2 aliphatic heterocycles. The molecule has 2 N–H and O–H groups in total. The predicted molar refractivity (Wildman–Crippen MR) is 117 cm³/mol. The molecule has 1 atom stereocenters. The summed E-state index contributed by atoms with van der Waals surface area (Å²) in [7, 11) is -3.80. The van der Waals surface area contributed by atoms with Gasteiger partial charge in [0, 0.05) is 23.7 Å². The van der Waals surface area contributed by atoms with Crippen molar-refractivity contribution in [2.75, 3.05) is 23.1 Å². The second-order valence-corrected chi connectivity index (χ2v) is 10.2. The minimum atomic E-state index is -3.80. The molecule has 1 saturated heterocycles. The van der Waals surface area contributed by atoms with E-state index >= 15 is 0 Å². The third-order valence-electron chi connectivity index (χ3n) is 5.17. The normalized spacial score (nSPS) is 19.4. The van der Waals surface area contributed by atoms with Crippen molar-refractivity contribution >= 4 is 45.0 Å². The van der Waals surface area contributed by atoms with E-state index in [1.165, 1.54) is 23.9 Å². The topological polar surface area (TPSA) is 95.6 Å². The Hall–Kier alpha value is -2.52. The van der Waals surface area contributed by atoms with Crippen LogP contribution in [0, 0.1) is 0 Å². The van der Waals surface area contributed by atoms with Gasteiger partial charge in [-0.15, -0.1) is 11.8 Å². The number of hydrogen-bond acceptors (Lipinski definition) is 5. The van der Waals surface area contributed by atoms with Gasteiger partial charge in [-0.3, -0.25) is 14.3 Å². The number of anilines is 2. The van der Waals surface area contributed by atoms with E-state index in [4.69, 9.17) is 0 Å². The molecule has 0 aliphatic carbocycles. The van der Waals surface area contributed by atoms with E-state index in [-0.39, 0.29) is 10.8 Å². The van der Waals surface area contributed by atoms with Crippen LogP contribution < -0.4 is 10.0 Å². The van der Waals surface area contributed by atoms with Crippen LogP contribution in [-0.2, 0) is 19.6 Å². The van der Waals surface area contributed by atoms with Gasteiger partial charge < -0.3 is 10.2 Å². The number of benzene rings is 2. The number of sulfonamides is 1. The number of carbonyl (C=O) groups excluding carboxylic acids is 2. The summed E-state index contributed by atoms with van der Waals surface area (Å²) in [5.74, 6) is -0.584. The minimum Gasteiger partial charge on any atom is -0.341 e. The van der Waals surface area contributed by atoms with Crippen LogP contribution in [0.25, 0.3) is 0 Å². The average molecular weight is 446 g/mol. The number of amides is 2. The first-order valence-corrected chi connectivity index (χ1v) is 12.3. The summed E-state index contributed by atoms with van der Waals surface area (Å²) in [6.07, 6.45) is 4.11. The standard InChI is InChI=1S/C21H23N3O4S2/c25-20-19(21(26)24-12-6-1-2-7-13-24)29-18-11-10-16(14-17(18)22-20)30(27,28)23-15-8-4-3-5-9-15/h3-5,8-11,14,19,23H,1-2,6-7,12-13H2,(H,22,25)/t19-/m0/s1. The van der Waals surface area contributed by atoms with Crippen molar-refractivity contribution in [2.45, 2.75) is 40.7 Å². The van der Waals surface area contributed by atoms with Crippen LogP contribution in [0.1, 0.15) is 25.7 Å². The fraction of sp³-hybridized carbons (Fsp3) is 0.333. The maximum absolute atomic E-state index is 12.9. The van der Waals surface area contributed by atoms with Gasteiger partial charge in [0.15, 0.2) is 5.25 Å². The zero-order chi connectivity index (χ0) is 21.1. The molecule has 9 heteroatoms. The molecule has 4 rings (SSSR count). The highest BCUT2D eigenvalue weighted by Gasteiger charge is 2.36. The number of carbonyl (C=O) groups is 2. The Bertz CT molecular complexity index is 1050. The fourth-order valence-corrected chi connectivity index (χ4v) is 5.73. The Balaban J connectivity index is 1.53. The SMILES string of the molecule is O=C1Nc2cc(S(=O)(=O)Nc3ccccc3)ccc2S[C@@H]1C(=O)N1CCCCCC1. The predicted octanol–water partition coefficient (Wildman–Crippen LogP) is 3.30. The van der Waals surface area contributed by atoms with Crippen LogP contribution >= 0.6 is 11.8 Å². The lowest BCUT2D eigenvalue weighted by atomic mass is 10.2. The summed E-state index contributed by atoms with van der Waals surface area (Å²) in [6, 6.07) is 13.2. The van der Waals surface area contributed by atoms with E-state index in [0.29, 0.717) is 29.4 Å². The highest BCUT2D eigenvalue weighted by atomic mass is 32.2. The molecule has 0 saturated carbocycles. The Labute approximate surface area is 180 Å². The Kier molecular flexibility index (Phi) is 6.01. The number of thioether (sulfide) groups is 1. The van der Waals surface area contributed by atoms with Crippen LogP contribution in [0.3, 0.4) is 0 Å². The first-order valence-electron chi connectivity index (χ1n) is 9.92. The van der Waals surface area contributed by atoms with Crippen molar-refractivity contribution < 1.29 is 18.0 Å². The zero-order valence-corrected chi connectivity index (χ0v) is 18.0. The molecule has 0 aromatic heterocycles. The first kappa shape index (κ1) is 20.7. The molecule has 30 heavy (non-hydrogen) atoms. The molecule has 7 nitrogen and oxygen atoms in total. The summed E-state index contributed by atoms with van der Waals surface area (Å²) in [6.45, 7) is 1.36. The smallest absolute Gasteiger partial charge is 0.261 e. The maximum Gasteiger partial charge on any atom is 0.261 e. The van der Waals surface area contributed by atoms with Crippen molar-refractivity contribution in [2.24, 2.45) is 0 Å². The first-order chi connectivity index (χ1) is 14.4. The lowest BCUT2D eigenvalue weighted by molar-refractivity contribution is -0.133. The van der Waals surface area contributed by atoms with Crippen LogP contribution in [0.2, 0.25) is 0 Å². The fourth-order valence-electron chi connectivity index (χ4n) is 3.60. The number of fused-ring (bicyclic) bond motifs is 1. The molecule has 0 spiro atoms. The minimum absolute atomic E-state index is 0.0447. The second kappa shape index (κ2) is 8.69. The number of para-hydroxylation sites is 1. The van der Waals surface area contributed by atoms with Crippen LogP contribution in [-0.4, -0.2) is 43.5 Å². The van der Waals surface area contributed by atoms with Gasteiger partial charge in [0.1, 0.15) is 0 Å². The van der Waals surface area contributed by atoms with Gasteiger partial charge in [-0.25, -0.2) is 8.42 Å². The Morgan fingerprint density at radius 3 is 2.43 bits per heavy atom. The van der Waals surface area contributed by atoms with Gasteiger partial charge in [-0.1, -0.05) is 31.0 Å².